The topological polar surface area (TPSA) is 139 Å². The van der Waals surface area contributed by atoms with Gasteiger partial charge in [-0.3, -0.25) is 10.1 Å². The fourth-order valence-electron chi connectivity index (χ4n) is 3.02. The van der Waals surface area contributed by atoms with Crippen LogP contribution in [0.3, 0.4) is 0 Å². The second kappa shape index (κ2) is 11.2. The molecular formula is C22H29F2N2O8-. The van der Waals surface area contributed by atoms with Crippen molar-refractivity contribution in [1.82, 2.24) is 4.90 Å². The molecule has 2 atom stereocenters. The van der Waals surface area contributed by atoms with Gasteiger partial charge in [-0.25, -0.2) is 23.3 Å². The maximum atomic E-state index is 14.3. The van der Waals surface area contributed by atoms with Gasteiger partial charge < -0.3 is 19.4 Å². The van der Waals surface area contributed by atoms with E-state index in [4.69, 9.17) is 9.47 Å². The minimum absolute atomic E-state index is 0.219. The van der Waals surface area contributed by atoms with Crippen LogP contribution in [-0.4, -0.2) is 51.8 Å². The van der Waals surface area contributed by atoms with E-state index in [-0.39, 0.29) is 10.5 Å². The Kier molecular flexibility index (Phi) is 9.47. The predicted molar refractivity (Wildman–Crippen MR) is 113 cm³/mol. The molecule has 12 heteroatoms. The lowest BCUT2D eigenvalue weighted by Crippen LogP contribution is -2.55. The van der Waals surface area contributed by atoms with Crippen LogP contribution in [0.1, 0.15) is 65.9 Å². The monoisotopic (exact) mass is 487 g/mol. The lowest BCUT2D eigenvalue weighted by Gasteiger charge is -2.34. The molecule has 0 aliphatic rings. The van der Waals surface area contributed by atoms with Crippen LogP contribution in [0, 0.1) is 21.7 Å². The average molecular weight is 487 g/mol. The first kappa shape index (κ1) is 28.7. The number of ether oxygens (including phenoxy) is 2. The summed E-state index contributed by atoms with van der Waals surface area (Å²) >= 11 is 0. The summed E-state index contributed by atoms with van der Waals surface area (Å²) in [6.45, 7) is 8.10. The van der Waals surface area contributed by atoms with E-state index in [1.54, 1.807) is 0 Å². The van der Waals surface area contributed by atoms with Crippen LogP contribution in [0.15, 0.2) is 18.2 Å². The van der Waals surface area contributed by atoms with Crippen LogP contribution < -0.4 is 5.11 Å². The van der Waals surface area contributed by atoms with Crippen LogP contribution in [-0.2, 0) is 14.3 Å². The van der Waals surface area contributed by atoms with Gasteiger partial charge in [0.15, 0.2) is 11.6 Å². The van der Waals surface area contributed by atoms with Gasteiger partial charge in [-0.05, 0) is 60.5 Å². The molecule has 0 aliphatic heterocycles. The molecule has 1 rings (SSSR count). The summed E-state index contributed by atoms with van der Waals surface area (Å²) in [5.74, 6) is -5.66. The molecule has 0 saturated heterocycles. The van der Waals surface area contributed by atoms with E-state index in [1.165, 1.54) is 41.5 Å². The van der Waals surface area contributed by atoms with Crippen molar-refractivity contribution in [3.05, 3.63) is 45.5 Å². The summed E-state index contributed by atoms with van der Waals surface area (Å²) in [4.78, 5) is 48.0. The molecule has 34 heavy (non-hydrogen) atoms. The minimum atomic E-state index is -1.96. The number of hydrogen-bond donors (Lipinski definition) is 0. The molecule has 10 nitrogen and oxygen atoms in total. The van der Waals surface area contributed by atoms with Crippen LogP contribution in [0.25, 0.3) is 0 Å². The highest BCUT2D eigenvalue weighted by molar-refractivity contribution is 5.93. The first-order valence-electron chi connectivity index (χ1n) is 10.4. The number of imide groups is 1. The Balaban J connectivity index is 3.34. The molecule has 0 spiro atoms. The number of nitrogens with zero attached hydrogens (tertiary/aromatic N) is 2. The molecule has 0 radical (unpaired) electrons. The van der Waals surface area contributed by atoms with E-state index in [1.807, 2.05) is 0 Å². The first-order valence-corrected chi connectivity index (χ1v) is 10.4. The zero-order chi connectivity index (χ0) is 26.4. The molecular weight excluding hydrogens is 458 g/mol. The summed E-state index contributed by atoms with van der Waals surface area (Å²) in [7, 11) is 0. The van der Waals surface area contributed by atoms with Crippen molar-refractivity contribution in [1.29, 1.82) is 0 Å². The van der Waals surface area contributed by atoms with Crippen molar-refractivity contribution < 1.29 is 42.7 Å². The van der Waals surface area contributed by atoms with Gasteiger partial charge in [0.25, 0.3) is 0 Å². The SMILES string of the molecule is CC(C)(C)OC(=O)N(C(=O)OC(C)(C)C)[C@H](CC[C@H](C[N+](=O)[O-])c1cccc(F)c1F)C(=O)[O-]. The number of hydrogen-bond acceptors (Lipinski definition) is 8. The van der Waals surface area contributed by atoms with Crippen molar-refractivity contribution in [2.45, 2.75) is 77.5 Å². The van der Waals surface area contributed by atoms with Crippen LogP contribution in [0.4, 0.5) is 18.4 Å². The van der Waals surface area contributed by atoms with Gasteiger partial charge in [-0.15, -0.1) is 0 Å². The highest BCUT2D eigenvalue weighted by atomic mass is 19.2. The maximum absolute atomic E-state index is 14.3. The van der Waals surface area contributed by atoms with Gasteiger partial charge in [0.2, 0.25) is 6.54 Å². The standard InChI is InChI=1S/C22H30F2N2O8/c1-21(2,3)33-19(29)26(20(30)34-22(4,5)6)16(18(27)28)11-10-13(12-25(31)32)14-8-7-9-15(23)17(14)24/h7-9,13,16H,10-12H2,1-6H3,(H,27,28)/p-1/t13-,16-/m1/s1. The first-order chi connectivity index (χ1) is 15.4. The lowest BCUT2D eigenvalue weighted by atomic mass is 9.91. The van der Waals surface area contributed by atoms with Gasteiger partial charge in [0.05, 0.1) is 17.9 Å². The van der Waals surface area contributed by atoms with Crippen molar-refractivity contribution >= 4 is 18.2 Å². The van der Waals surface area contributed by atoms with E-state index >= 15 is 0 Å². The number of carboxylic acids is 1. The third-order valence-electron chi connectivity index (χ3n) is 4.34. The van der Waals surface area contributed by atoms with Gasteiger partial charge >= 0.3 is 12.2 Å². The average Bonchev–Trinajstić information content (AvgIpc) is 2.62. The van der Waals surface area contributed by atoms with Crippen LogP contribution in [0.2, 0.25) is 0 Å². The molecule has 0 N–H and O–H groups in total. The van der Waals surface area contributed by atoms with Crippen LogP contribution >= 0.6 is 0 Å². The van der Waals surface area contributed by atoms with E-state index in [0.29, 0.717) is 0 Å². The summed E-state index contributed by atoms with van der Waals surface area (Å²) in [5, 5.41) is 23.1. The number of carbonyl (C=O) groups excluding carboxylic acids is 3. The summed E-state index contributed by atoms with van der Waals surface area (Å²) < 4.78 is 38.2. The molecule has 0 fully saturated rings. The fourth-order valence-corrected chi connectivity index (χ4v) is 3.02. The third-order valence-corrected chi connectivity index (χ3v) is 4.34. The van der Waals surface area contributed by atoms with Crippen molar-refractivity contribution in [2.24, 2.45) is 0 Å². The van der Waals surface area contributed by atoms with E-state index < -0.39 is 77.3 Å². The second-order valence-electron chi connectivity index (χ2n) is 9.60. The summed E-state index contributed by atoms with van der Waals surface area (Å²) in [6, 6.07) is 1.17. The Morgan fingerprint density at radius 1 is 1.00 bits per heavy atom. The zero-order valence-electron chi connectivity index (χ0n) is 19.9. The normalized spacial score (nSPS) is 13.5. The van der Waals surface area contributed by atoms with E-state index in [0.717, 1.165) is 18.2 Å². The minimum Gasteiger partial charge on any atom is -0.548 e. The highest BCUT2D eigenvalue weighted by Crippen LogP contribution is 2.28. The number of halogens is 2. The molecule has 0 saturated carbocycles. The Hall–Kier alpha value is -3.31. The second-order valence-corrected chi connectivity index (χ2v) is 9.60. The smallest absolute Gasteiger partial charge is 0.420 e. The molecule has 0 bridgehead atoms. The van der Waals surface area contributed by atoms with Crippen molar-refractivity contribution in [3.8, 4) is 0 Å². The summed E-state index contributed by atoms with van der Waals surface area (Å²) in [5.41, 5.74) is -2.55. The Bertz CT molecular complexity index is 896. The molecule has 0 aromatic heterocycles. The largest absolute Gasteiger partial charge is 0.548 e. The Labute approximate surface area is 196 Å². The molecule has 2 amide bonds. The van der Waals surface area contributed by atoms with E-state index in [2.05, 4.69) is 0 Å². The van der Waals surface area contributed by atoms with Gasteiger partial charge in [0.1, 0.15) is 11.2 Å². The van der Waals surface area contributed by atoms with Crippen molar-refractivity contribution in [2.75, 3.05) is 6.54 Å². The number of nitro groups is 1. The number of benzene rings is 1. The quantitative estimate of drug-likeness (QED) is 0.402. The molecule has 190 valence electrons. The Morgan fingerprint density at radius 2 is 1.50 bits per heavy atom. The van der Waals surface area contributed by atoms with Crippen molar-refractivity contribution in [3.63, 3.8) is 0 Å². The van der Waals surface area contributed by atoms with E-state index in [9.17, 15) is 38.4 Å². The third kappa shape index (κ3) is 8.91. The lowest BCUT2D eigenvalue weighted by molar-refractivity contribution is -0.483. The maximum Gasteiger partial charge on any atom is 0.420 e. The number of carboxylic acid groups (broad SMARTS) is 1. The van der Waals surface area contributed by atoms with Gasteiger partial charge in [0, 0.05) is 10.5 Å². The molecule has 1 aromatic carbocycles. The number of aliphatic carboxylic acids is 1. The van der Waals surface area contributed by atoms with Crippen LogP contribution in [0.5, 0.6) is 0 Å². The molecule has 0 aliphatic carbocycles. The predicted octanol–water partition coefficient (Wildman–Crippen LogP) is 3.40. The number of amides is 2. The zero-order valence-corrected chi connectivity index (χ0v) is 19.9. The molecule has 0 unspecified atom stereocenters. The fraction of sp³-hybridized carbons (Fsp3) is 0.591. The highest BCUT2D eigenvalue weighted by Gasteiger charge is 2.38. The number of carbonyl (C=O) groups is 3. The molecule has 0 heterocycles. The Morgan fingerprint density at radius 3 is 1.91 bits per heavy atom. The van der Waals surface area contributed by atoms with Gasteiger partial charge in [-0.1, -0.05) is 12.1 Å². The van der Waals surface area contributed by atoms with Gasteiger partial charge in [-0.2, -0.15) is 0 Å². The molecule has 1 aromatic rings. The summed E-state index contributed by atoms with van der Waals surface area (Å²) in [6.07, 6.45) is -3.64. The number of rotatable bonds is 8.